The van der Waals surface area contributed by atoms with Crippen LogP contribution in [0.15, 0.2) is 52.4 Å². The lowest BCUT2D eigenvalue weighted by Crippen LogP contribution is -2.34. The molecule has 0 radical (unpaired) electrons. The van der Waals surface area contributed by atoms with E-state index in [1.54, 1.807) is 17.0 Å². The number of aliphatic imine (C=N–C) groups is 1. The minimum Gasteiger partial charge on any atom is -0.326 e. The van der Waals surface area contributed by atoms with Crippen LogP contribution in [0, 0.1) is 13.8 Å². The van der Waals surface area contributed by atoms with E-state index in [2.05, 4.69) is 10.3 Å². The maximum atomic E-state index is 13.1. The summed E-state index contributed by atoms with van der Waals surface area (Å²) in [6.07, 6.45) is 0.742. The van der Waals surface area contributed by atoms with Crippen LogP contribution in [0.25, 0.3) is 0 Å². The number of amides is 2. The highest BCUT2D eigenvalue weighted by Gasteiger charge is 2.38. The zero-order valence-electron chi connectivity index (χ0n) is 20.0. The van der Waals surface area contributed by atoms with Crippen LogP contribution in [-0.2, 0) is 19.6 Å². The summed E-state index contributed by atoms with van der Waals surface area (Å²) >= 11 is 1.24. The fourth-order valence-electron chi connectivity index (χ4n) is 3.36. The van der Waals surface area contributed by atoms with Crippen molar-refractivity contribution in [1.82, 2.24) is 9.21 Å². The van der Waals surface area contributed by atoms with Crippen molar-refractivity contribution in [2.75, 3.05) is 26.0 Å². The summed E-state index contributed by atoms with van der Waals surface area (Å²) in [5.41, 5.74) is 3.03. The molecule has 10 heteroatoms. The number of thioether (sulfide) groups is 1. The number of sulfonamides is 1. The van der Waals surface area contributed by atoms with E-state index in [9.17, 15) is 18.0 Å². The van der Waals surface area contributed by atoms with Gasteiger partial charge in [-0.3, -0.25) is 14.5 Å². The van der Waals surface area contributed by atoms with Gasteiger partial charge >= 0.3 is 0 Å². The van der Waals surface area contributed by atoms with Gasteiger partial charge in [-0.15, -0.1) is 0 Å². The Morgan fingerprint density at radius 1 is 1.15 bits per heavy atom. The molecule has 0 aromatic heterocycles. The molecular formula is C24H30N4O4S2. The van der Waals surface area contributed by atoms with Crippen LogP contribution < -0.4 is 5.32 Å². The molecule has 1 fully saturated rings. The van der Waals surface area contributed by atoms with Gasteiger partial charge < -0.3 is 5.32 Å². The van der Waals surface area contributed by atoms with E-state index in [0.717, 1.165) is 21.9 Å². The first-order valence-electron chi connectivity index (χ1n) is 11.0. The van der Waals surface area contributed by atoms with Gasteiger partial charge in [0.1, 0.15) is 5.25 Å². The number of carbonyl (C=O) groups is 2. The van der Waals surface area contributed by atoms with Crippen LogP contribution in [0.3, 0.4) is 0 Å². The molecule has 1 aliphatic heterocycles. The third-order valence-corrected chi connectivity index (χ3v) is 8.34. The zero-order chi connectivity index (χ0) is 25.0. The average Bonchev–Trinajstić information content (AvgIpc) is 3.05. The van der Waals surface area contributed by atoms with Crippen LogP contribution in [0.2, 0.25) is 0 Å². The van der Waals surface area contributed by atoms with Crippen molar-refractivity contribution in [3.8, 4) is 0 Å². The molecule has 3 rings (SSSR count). The predicted octanol–water partition coefficient (Wildman–Crippen LogP) is 3.92. The molecule has 1 N–H and O–H groups in total. The number of hydrogen-bond donors (Lipinski definition) is 1. The molecule has 1 heterocycles. The summed E-state index contributed by atoms with van der Waals surface area (Å²) in [7, 11) is -0.672. The lowest BCUT2D eigenvalue weighted by molar-refractivity contribution is -0.128. The van der Waals surface area contributed by atoms with Crippen molar-refractivity contribution in [3.63, 3.8) is 0 Å². The van der Waals surface area contributed by atoms with E-state index in [-0.39, 0.29) is 23.1 Å². The second kappa shape index (κ2) is 10.7. The predicted molar refractivity (Wildman–Crippen MR) is 137 cm³/mol. The Labute approximate surface area is 205 Å². The number of rotatable bonds is 8. The minimum absolute atomic E-state index is 0.0185. The molecule has 1 aliphatic rings. The van der Waals surface area contributed by atoms with Crippen molar-refractivity contribution >= 4 is 50.1 Å². The highest BCUT2D eigenvalue weighted by molar-refractivity contribution is 8.15. The number of benzene rings is 2. The summed E-state index contributed by atoms with van der Waals surface area (Å²) in [6.45, 7) is 6.23. The van der Waals surface area contributed by atoms with E-state index >= 15 is 0 Å². The molecule has 0 saturated carbocycles. The van der Waals surface area contributed by atoms with Crippen LogP contribution in [-0.4, -0.2) is 60.5 Å². The van der Waals surface area contributed by atoms with Crippen LogP contribution in [0.1, 0.15) is 30.9 Å². The highest BCUT2D eigenvalue weighted by atomic mass is 32.2. The highest BCUT2D eigenvalue weighted by Crippen LogP contribution is 2.33. The Bertz CT molecular complexity index is 1210. The van der Waals surface area contributed by atoms with Gasteiger partial charge in [0.2, 0.25) is 21.8 Å². The third kappa shape index (κ3) is 5.86. The SMILES string of the molecule is CCCN1C(=O)[C@@H](CC(=O)Nc2ccc(C)cc2)SC1=Nc1cc(S(=O)(=O)N(C)C)ccc1C. The first kappa shape index (κ1) is 25.9. The second-order valence-electron chi connectivity index (χ2n) is 8.34. The van der Waals surface area contributed by atoms with E-state index in [1.807, 2.05) is 45.0 Å². The minimum atomic E-state index is -3.62. The molecule has 0 bridgehead atoms. The molecule has 2 aromatic rings. The van der Waals surface area contributed by atoms with Crippen molar-refractivity contribution in [3.05, 3.63) is 53.6 Å². The maximum absolute atomic E-state index is 13.1. The molecule has 8 nitrogen and oxygen atoms in total. The average molecular weight is 503 g/mol. The monoisotopic (exact) mass is 502 g/mol. The van der Waals surface area contributed by atoms with Gasteiger partial charge in [-0.25, -0.2) is 17.7 Å². The number of hydrogen-bond acceptors (Lipinski definition) is 6. The van der Waals surface area contributed by atoms with E-state index < -0.39 is 15.3 Å². The lowest BCUT2D eigenvalue weighted by atomic mass is 10.2. The maximum Gasteiger partial charge on any atom is 0.242 e. The Morgan fingerprint density at radius 2 is 1.82 bits per heavy atom. The fraction of sp³-hybridized carbons (Fsp3) is 0.375. The van der Waals surface area contributed by atoms with E-state index in [4.69, 9.17) is 0 Å². The summed E-state index contributed by atoms with van der Waals surface area (Å²) in [4.78, 5) is 32.0. The molecule has 34 heavy (non-hydrogen) atoms. The van der Waals surface area contributed by atoms with Crippen molar-refractivity contribution < 1.29 is 18.0 Å². The first-order valence-corrected chi connectivity index (χ1v) is 13.3. The number of amidine groups is 1. The smallest absolute Gasteiger partial charge is 0.242 e. The fourth-order valence-corrected chi connectivity index (χ4v) is 5.45. The van der Waals surface area contributed by atoms with Crippen molar-refractivity contribution in [2.45, 2.75) is 43.8 Å². The van der Waals surface area contributed by atoms with E-state index in [1.165, 1.54) is 31.9 Å². The van der Waals surface area contributed by atoms with Gasteiger partial charge in [0.05, 0.1) is 10.6 Å². The summed E-state index contributed by atoms with van der Waals surface area (Å²) in [6, 6.07) is 12.2. The molecule has 0 aliphatic carbocycles. The number of nitrogens with one attached hydrogen (secondary N) is 1. The third-order valence-electron chi connectivity index (χ3n) is 5.35. The molecular weight excluding hydrogens is 472 g/mol. The molecule has 1 atom stereocenters. The van der Waals surface area contributed by atoms with Crippen LogP contribution >= 0.6 is 11.8 Å². The largest absolute Gasteiger partial charge is 0.326 e. The van der Waals surface area contributed by atoms with Gasteiger partial charge in [0.15, 0.2) is 5.17 Å². The Morgan fingerprint density at radius 3 is 2.44 bits per heavy atom. The Hall–Kier alpha value is -2.69. The molecule has 1 saturated heterocycles. The zero-order valence-corrected chi connectivity index (χ0v) is 21.7. The molecule has 182 valence electrons. The number of carbonyl (C=O) groups excluding carboxylic acids is 2. The van der Waals surface area contributed by atoms with Crippen LogP contribution in [0.5, 0.6) is 0 Å². The first-order chi connectivity index (χ1) is 16.0. The van der Waals surface area contributed by atoms with Gasteiger partial charge in [0, 0.05) is 32.7 Å². The summed E-state index contributed by atoms with van der Waals surface area (Å²) < 4.78 is 26.3. The van der Waals surface area contributed by atoms with Crippen molar-refractivity contribution in [1.29, 1.82) is 0 Å². The Kier molecular flexibility index (Phi) is 8.17. The van der Waals surface area contributed by atoms with E-state index in [0.29, 0.717) is 23.1 Å². The normalized spacial score (nSPS) is 17.6. The number of anilines is 1. The van der Waals surface area contributed by atoms with Crippen LogP contribution in [0.4, 0.5) is 11.4 Å². The lowest BCUT2D eigenvalue weighted by Gasteiger charge is -2.16. The topological polar surface area (TPSA) is 99.1 Å². The second-order valence-corrected chi connectivity index (χ2v) is 11.7. The molecule has 2 amide bonds. The number of aryl methyl sites for hydroxylation is 2. The Balaban J connectivity index is 1.84. The number of nitrogens with zero attached hydrogens (tertiary/aromatic N) is 3. The molecule has 0 unspecified atom stereocenters. The van der Waals surface area contributed by atoms with Gasteiger partial charge in [0.25, 0.3) is 0 Å². The summed E-state index contributed by atoms with van der Waals surface area (Å²) in [5.74, 6) is -0.415. The molecule has 2 aromatic carbocycles. The van der Waals surface area contributed by atoms with Crippen molar-refractivity contribution in [2.24, 2.45) is 4.99 Å². The molecule has 0 spiro atoms. The summed E-state index contributed by atoms with van der Waals surface area (Å²) in [5, 5.41) is 2.72. The quantitative estimate of drug-likeness (QED) is 0.590. The van der Waals surface area contributed by atoms with Gasteiger partial charge in [-0.1, -0.05) is 42.4 Å². The van der Waals surface area contributed by atoms with Gasteiger partial charge in [-0.2, -0.15) is 0 Å². The standard InChI is InChI=1S/C24H30N4O4S2/c1-6-13-28-23(30)21(15-22(29)25-18-10-7-16(2)8-11-18)33-24(28)26-20-14-19(12-9-17(20)3)34(31,32)27(4)5/h7-12,14,21H,6,13,15H2,1-5H3,(H,25,29)/t21-/m1/s1. The van der Waals surface area contributed by atoms with Gasteiger partial charge in [-0.05, 0) is 50.1 Å².